The van der Waals surface area contributed by atoms with Crippen LogP contribution < -0.4 is 9.47 Å². The van der Waals surface area contributed by atoms with Gasteiger partial charge in [0.05, 0.1) is 5.57 Å². The predicted molar refractivity (Wildman–Crippen MR) is 115 cm³/mol. The molecule has 0 aliphatic carbocycles. The maximum absolute atomic E-state index is 12.9. The van der Waals surface area contributed by atoms with Gasteiger partial charge in [0.1, 0.15) is 24.7 Å². The van der Waals surface area contributed by atoms with Crippen molar-refractivity contribution >= 4 is 39.8 Å². The summed E-state index contributed by atoms with van der Waals surface area (Å²) in [5.41, 5.74) is 0.392. The van der Waals surface area contributed by atoms with Crippen molar-refractivity contribution in [2.45, 2.75) is 6.18 Å². The molecule has 0 spiro atoms. The number of hydrogen-bond donors (Lipinski definition) is 1. The molecular weight excluding hydrogens is 445 g/mol. The standard InChI is InChI=1S/C21H15F3N4O3S/c22-21(23,24)19-27-28-17(25)16(18(29)26-20(28)32-19)12-13-6-8-15(9-7-13)31-11-10-30-14-4-2-1-3-5-14/h1-9,12,25H,10-11H2. The molecule has 32 heavy (non-hydrogen) atoms. The number of halogens is 3. The van der Waals surface area contributed by atoms with Crippen LogP contribution in [0.15, 0.2) is 70.3 Å². The van der Waals surface area contributed by atoms with Crippen LogP contribution in [0.4, 0.5) is 13.2 Å². The van der Waals surface area contributed by atoms with Crippen LogP contribution in [0.2, 0.25) is 0 Å². The van der Waals surface area contributed by atoms with E-state index >= 15 is 0 Å². The summed E-state index contributed by atoms with van der Waals surface area (Å²) in [6.07, 6.45) is -3.31. The molecule has 0 unspecified atom stereocenters. The first-order chi connectivity index (χ1) is 15.3. The van der Waals surface area contributed by atoms with Gasteiger partial charge in [0, 0.05) is 0 Å². The number of amidine groups is 2. The van der Waals surface area contributed by atoms with Crippen LogP contribution in [0.25, 0.3) is 6.08 Å². The van der Waals surface area contributed by atoms with Gasteiger partial charge in [-0.3, -0.25) is 10.2 Å². The number of nitrogens with zero attached hydrogens (tertiary/aromatic N) is 3. The molecule has 0 radical (unpaired) electrons. The van der Waals surface area contributed by atoms with Gasteiger partial charge in [-0.2, -0.15) is 28.3 Å². The van der Waals surface area contributed by atoms with E-state index in [1.807, 2.05) is 30.3 Å². The highest BCUT2D eigenvalue weighted by atomic mass is 32.2. The van der Waals surface area contributed by atoms with E-state index in [-0.39, 0.29) is 22.5 Å². The van der Waals surface area contributed by atoms with E-state index in [9.17, 15) is 18.0 Å². The summed E-state index contributed by atoms with van der Waals surface area (Å²) in [4.78, 5) is 15.9. The second-order valence-electron chi connectivity index (χ2n) is 6.50. The Kier molecular flexibility index (Phi) is 5.99. The van der Waals surface area contributed by atoms with Gasteiger partial charge in [-0.05, 0) is 47.7 Å². The minimum atomic E-state index is -4.68. The lowest BCUT2D eigenvalue weighted by molar-refractivity contribution is -0.114. The topological polar surface area (TPSA) is 87.3 Å². The normalized spacial score (nSPS) is 17.2. The van der Waals surface area contributed by atoms with Crippen molar-refractivity contribution in [2.24, 2.45) is 10.1 Å². The number of amides is 1. The summed E-state index contributed by atoms with van der Waals surface area (Å²) in [5.74, 6) is 0.0482. The molecule has 0 bridgehead atoms. The highest BCUT2D eigenvalue weighted by Crippen LogP contribution is 2.35. The second-order valence-corrected chi connectivity index (χ2v) is 7.46. The third-order valence-corrected chi connectivity index (χ3v) is 5.21. The lowest BCUT2D eigenvalue weighted by atomic mass is 10.1. The van der Waals surface area contributed by atoms with Crippen molar-refractivity contribution in [1.82, 2.24) is 5.01 Å². The number of aliphatic imine (C=N–C) groups is 1. The zero-order chi connectivity index (χ0) is 22.7. The Labute approximate surface area is 184 Å². The summed E-state index contributed by atoms with van der Waals surface area (Å²) in [5, 5.41) is 10.7. The molecule has 2 heterocycles. The Morgan fingerprint density at radius 2 is 1.62 bits per heavy atom. The number of alkyl halides is 3. The fourth-order valence-electron chi connectivity index (χ4n) is 2.77. The van der Waals surface area contributed by atoms with Crippen LogP contribution in [-0.2, 0) is 4.79 Å². The van der Waals surface area contributed by atoms with Gasteiger partial charge in [0.25, 0.3) is 5.91 Å². The van der Waals surface area contributed by atoms with Crippen LogP contribution in [-0.4, -0.2) is 46.4 Å². The summed E-state index contributed by atoms with van der Waals surface area (Å²) in [6, 6.07) is 16.0. The van der Waals surface area contributed by atoms with Crippen LogP contribution in [0.1, 0.15) is 5.56 Å². The van der Waals surface area contributed by atoms with E-state index in [0.29, 0.717) is 29.5 Å². The molecule has 0 fully saturated rings. The quantitative estimate of drug-likeness (QED) is 0.512. The average molecular weight is 460 g/mol. The molecule has 0 saturated heterocycles. The molecule has 2 aromatic carbocycles. The maximum Gasteiger partial charge on any atom is 0.441 e. The van der Waals surface area contributed by atoms with E-state index in [1.165, 1.54) is 6.08 Å². The molecular formula is C21H15F3N4O3S. The number of carbonyl (C=O) groups excluding carboxylic acids is 1. The molecule has 4 rings (SSSR count). The van der Waals surface area contributed by atoms with Crippen LogP contribution >= 0.6 is 11.8 Å². The van der Waals surface area contributed by atoms with Gasteiger partial charge in [-0.15, -0.1) is 0 Å². The van der Waals surface area contributed by atoms with Crippen LogP contribution in [0.5, 0.6) is 11.5 Å². The van der Waals surface area contributed by atoms with Crippen LogP contribution in [0.3, 0.4) is 0 Å². The first-order valence-corrected chi connectivity index (χ1v) is 10.1. The third kappa shape index (κ3) is 4.83. The van der Waals surface area contributed by atoms with E-state index in [4.69, 9.17) is 14.9 Å². The van der Waals surface area contributed by atoms with Crippen molar-refractivity contribution in [2.75, 3.05) is 13.2 Å². The first-order valence-electron chi connectivity index (χ1n) is 9.29. The van der Waals surface area contributed by atoms with E-state index in [2.05, 4.69) is 10.1 Å². The number of benzene rings is 2. The van der Waals surface area contributed by atoms with Crippen molar-refractivity contribution in [1.29, 1.82) is 5.41 Å². The molecule has 11 heteroatoms. The van der Waals surface area contributed by atoms with Crippen molar-refractivity contribution in [3.63, 3.8) is 0 Å². The number of hydrogen-bond acceptors (Lipinski definition) is 6. The Morgan fingerprint density at radius 3 is 2.25 bits per heavy atom. The van der Waals surface area contributed by atoms with E-state index in [0.717, 1.165) is 5.75 Å². The highest BCUT2D eigenvalue weighted by Gasteiger charge is 2.46. The summed E-state index contributed by atoms with van der Waals surface area (Å²) in [6.45, 7) is 0.679. The fourth-order valence-corrected chi connectivity index (χ4v) is 3.53. The van der Waals surface area contributed by atoms with Crippen molar-refractivity contribution < 1.29 is 27.4 Å². The van der Waals surface area contributed by atoms with E-state index in [1.54, 1.807) is 24.3 Å². The molecule has 1 amide bonds. The van der Waals surface area contributed by atoms with Gasteiger partial charge in [0.15, 0.2) is 5.84 Å². The highest BCUT2D eigenvalue weighted by molar-refractivity contribution is 8.27. The minimum absolute atomic E-state index is 0.161. The van der Waals surface area contributed by atoms with Crippen LogP contribution in [0, 0.1) is 5.41 Å². The SMILES string of the molecule is N=C1C(=Cc2ccc(OCCOc3ccccc3)cc2)C(=O)N=C2SC(C(F)(F)F)=NN12. The largest absolute Gasteiger partial charge is 0.490 e. The number of thioether (sulfide) groups is 1. The number of rotatable bonds is 6. The second kappa shape index (κ2) is 8.87. The number of fused-ring (bicyclic) bond motifs is 1. The number of hydrazone groups is 1. The number of carbonyl (C=O) groups is 1. The Bertz CT molecular complexity index is 1130. The molecule has 7 nitrogen and oxygen atoms in total. The summed E-state index contributed by atoms with van der Waals surface area (Å²) >= 11 is 0.213. The van der Waals surface area contributed by atoms with Crippen molar-refractivity contribution in [3.8, 4) is 11.5 Å². The fraction of sp³-hybridized carbons (Fsp3) is 0.143. The Morgan fingerprint density at radius 1 is 1.00 bits per heavy atom. The Hall–Kier alpha value is -3.60. The number of para-hydroxylation sites is 1. The molecule has 2 aliphatic rings. The summed E-state index contributed by atoms with van der Waals surface area (Å²) < 4.78 is 49.8. The lowest BCUT2D eigenvalue weighted by Crippen LogP contribution is -2.35. The van der Waals surface area contributed by atoms with E-state index < -0.39 is 23.0 Å². The number of ether oxygens (including phenoxy) is 2. The van der Waals surface area contributed by atoms with Gasteiger partial charge in [-0.1, -0.05) is 30.3 Å². The Balaban J connectivity index is 1.39. The minimum Gasteiger partial charge on any atom is -0.490 e. The zero-order valence-corrected chi connectivity index (χ0v) is 17.1. The van der Waals surface area contributed by atoms with Crippen molar-refractivity contribution in [3.05, 3.63) is 65.7 Å². The number of nitrogens with one attached hydrogen (secondary N) is 1. The van der Waals surface area contributed by atoms with Gasteiger partial charge in [-0.25, -0.2) is 0 Å². The molecule has 0 saturated carbocycles. The molecule has 2 aliphatic heterocycles. The zero-order valence-electron chi connectivity index (χ0n) is 16.3. The van der Waals surface area contributed by atoms with Gasteiger partial charge >= 0.3 is 6.18 Å². The van der Waals surface area contributed by atoms with Gasteiger partial charge in [0.2, 0.25) is 10.2 Å². The molecule has 1 N–H and O–H groups in total. The maximum atomic E-state index is 12.9. The smallest absolute Gasteiger partial charge is 0.441 e. The summed E-state index contributed by atoms with van der Waals surface area (Å²) in [7, 11) is 0. The molecule has 0 aromatic heterocycles. The molecule has 2 aromatic rings. The third-order valence-electron chi connectivity index (χ3n) is 4.25. The predicted octanol–water partition coefficient (Wildman–Crippen LogP) is 4.33. The molecule has 164 valence electrons. The average Bonchev–Trinajstić information content (AvgIpc) is 3.21. The first kappa shape index (κ1) is 21.6. The van der Waals surface area contributed by atoms with Gasteiger partial charge < -0.3 is 9.47 Å². The molecule has 0 atom stereocenters. The lowest BCUT2D eigenvalue weighted by Gasteiger charge is -2.20. The monoisotopic (exact) mass is 460 g/mol.